The van der Waals surface area contributed by atoms with Crippen molar-refractivity contribution in [2.45, 2.75) is 59.4 Å². The van der Waals surface area contributed by atoms with Gasteiger partial charge in [0.1, 0.15) is 18.0 Å². The maximum atomic E-state index is 12.7. The van der Waals surface area contributed by atoms with Crippen molar-refractivity contribution in [3.8, 4) is 11.4 Å². The van der Waals surface area contributed by atoms with Gasteiger partial charge < -0.3 is 23.9 Å². The number of aryl methyl sites for hydroxylation is 3. The molecule has 4 rings (SSSR count). The molecular formula is C26H34N4O4. The summed E-state index contributed by atoms with van der Waals surface area (Å²) in [6, 6.07) is 7.69. The third-order valence-corrected chi connectivity index (χ3v) is 6.37. The van der Waals surface area contributed by atoms with Crippen molar-refractivity contribution in [1.29, 1.82) is 0 Å². The van der Waals surface area contributed by atoms with Gasteiger partial charge in [-0.15, -0.1) is 0 Å². The molecule has 0 spiro atoms. The molecule has 1 N–H and O–H groups in total. The zero-order valence-corrected chi connectivity index (χ0v) is 20.6. The zero-order chi connectivity index (χ0) is 24.4. The molecule has 2 unspecified atom stereocenters. The van der Waals surface area contributed by atoms with E-state index in [2.05, 4.69) is 35.0 Å². The summed E-state index contributed by atoms with van der Waals surface area (Å²) in [5, 5.41) is 3.37. The predicted octanol–water partition coefficient (Wildman–Crippen LogP) is 3.18. The fourth-order valence-electron chi connectivity index (χ4n) is 4.49. The Hall–Kier alpha value is -2.97. The van der Waals surface area contributed by atoms with Gasteiger partial charge in [-0.1, -0.05) is 19.9 Å². The topological polar surface area (TPSA) is 87.4 Å². The maximum Gasteiger partial charge on any atom is 0.323 e. The summed E-state index contributed by atoms with van der Waals surface area (Å²) in [4.78, 5) is 29.8. The molecule has 1 aromatic carbocycles. The number of carbonyl (C=O) groups is 1. The summed E-state index contributed by atoms with van der Waals surface area (Å²) in [5.41, 5.74) is 4.56. The number of hydrogen-bond donors (Lipinski definition) is 1. The van der Waals surface area contributed by atoms with E-state index in [0.29, 0.717) is 25.3 Å². The van der Waals surface area contributed by atoms with Crippen LogP contribution in [-0.2, 0) is 34.4 Å². The average molecular weight is 467 g/mol. The zero-order valence-electron chi connectivity index (χ0n) is 20.6. The fourth-order valence-corrected chi connectivity index (χ4v) is 4.49. The minimum Gasteiger partial charge on any atom is -0.459 e. The summed E-state index contributed by atoms with van der Waals surface area (Å²) < 4.78 is 14.7. The Kier molecular flexibility index (Phi) is 7.19. The highest BCUT2D eigenvalue weighted by atomic mass is 16.6. The van der Waals surface area contributed by atoms with Crippen LogP contribution in [0.2, 0.25) is 0 Å². The van der Waals surface area contributed by atoms with E-state index < -0.39 is 6.04 Å². The van der Waals surface area contributed by atoms with Gasteiger partial charge in [-0.2, -0.15) is 0 Å². The van der Waals surface area contributed by atoms with E-state index in [0.717, 1.165) is 41.0 Å². The normalized spacial score (nSPS) is 16.9. The molecule has 34 heavy (non-hydrogen) atoms. The molecule has 1 aliphatic heterocycles. The molecule has 8 heteroatoms. The molecule has 1 saturated heterocycles. The Labute approximate surface area is 199 Å². The van der Waals surface area contributed by atoms with Crippen LogP contribution < -0.4 is 10.9 Å². The number of hydrogen-bond acceptors (Lipinski definition) is 6. The summed E-state index contributed by atoms with van der Waals surface area (Å²) in [6.45, 7) is 10.3. The molecule has 2 atom stereocenters. The van der Waals surface area contributed by atoms with Crippen molar-refractivity contribution in [2.24, 2.45) is 13.0 Å². The molecule has 0 radical (unpaired) electrons. The van der Waals surface area contributed by atoms with Gasteiger partial charge in [0.2, 0.25) is 0 Å². The lowest BCUT2D eigenvalue weighted by Gasteiger charge is -2.22. The van der Waals surface area contributed by atoms with Crippen LogP contribution in [0.1, 0.15) is 38.3 Å². The van der Waals surface area contributed by atoms with E-state index in [1.165, 1.54) is 0 Å². The molecule has 3 heterocycles. The molecule has 0 amide bonds. The predicted molar refractivity (Wildman–Crippen MR) is 132 cm³/mol. The highest BCUT2D eigenvalue weighted by Gasteiger charge is 2.28. The number of carbonyl (C=O) groups excluding carboxylic acids is 1. The second-order valence-electron chi connectivity index (χ2n) is 9.36. The maximum absolute atomic E-state index is 12.7. The van der Waals surface area contributed by atoms with Crippen molar-refractivity contribution in [3.05, 3.63) is 51.9 Å². The molecule has 182 valence electrons. The monoisotopic (exact) mass is 466 g/mol. The lowest BCUT2D eigenvalue weighted by Crippen LogP contribution is -2.43. The number of rotatable bonds is 8. The second kappa shape index (κ2) is 10.1. The molecule has 0 bridgehead atoms. The average Bonchev–Trinajstić information content (AvgIpc) is 3.44. The minimum atomic E-state index is -0.395. The van der Waals surface area contributed by atoms with Crippen molar-refractivity contribution < 1.29 is 14.3 Å². The molecule has 0 aliphatic carbocycles. The van der Waals surface area contributed by atoms with Crippen LogP contribution in [0, 0.1) is 12.8 Å². The van der Waals surface area contributed by atoms with E-state index in [9.17, 15) is 9.59 Å². The lowest BCUT2D eigenvalue weighted by atomic mass is 10.0. The SMILES string of the molecule is CCn1c(-c2cc(C)c(=O)n(C)c2)nc2cc(CNC(C(=O)OC3CCOC3)C(C)C)ccc21. The number of aromatic nitrogens is 3. The summed E-state index contributed by atoms with van der Waals surface area (Å²) in [5.74, 6) is 0.704. The van der Waals surface area contributed by atoms with Crippen LogP contribution >= 0.6 is 0 Å². The van der Waals surface area contributed by atoms with Crippen LogP contribution in [-0.4, -0.2) is 45.4 Å². The largest absolute Gasteiger partial charge is 0.459 e. The molecular weight excluding hydrogens is 432 g/mol. The van der Waals surface area contributed by atoms with E-state index in [1.54, 1.807) is 11.6 Å². The van der Waals surface area contributed by atoms with Crippen LogP contribution in [0.25, 0.3) is 22.4 Å². The molecule has 3 aromatic rings. The number of ether oxygens (including phenoxy) is 2. The molecule has 1 fully saturated rings. The third-order valence-electron chi connectivity index (χ3n) is 6.37. The Bertz CT molecular complexity index is 1210. The van der Waals surface area contributed by atoms with Gasteiger partial charge in [0, 0.05) is 43.9 Å². The molecule has 1 aliphatic rings. The Morgan fingerprint density at radius 3 is 2.76 bits per heavy atom. The number of imidazole rings is 1. The number of fused-ring (bicyclic) bond motifs is 1. The fraction of sp³-hybridized carbons (Fsp3) is 0.500. The van der Waals surface area contributed by atoms with Crippen molar-refractivity contribution in [1.82, 2.24) is 19.4 Å². The minimum absolute atomic E-state index is 0.00467. The van der Waals surface area contributed by atoms with E-state index in [4.69, 9.17) is 14.5 Å². The van der Waals surface area contributed by atoms with Crippen molar-refractivity contribution in [3.63, 3.8) is 0 Å². The molecule has 2 aromatic heterocycles. The number of pyridine rings is 1. The number of nitrogens with zero attached hydrogens (tertiary/aromatic N) is 3. The van der Waals surface area contributed by atoms with Crippen LogP contribution in [0.15, 0.2) is 35.3 Å². The summed E-state index contributed by atoms with van der Waals surface area (Å²) >= 11 is 0. The van der Waals surface area contributed by atoms with Crippen molar-refractivity contribution >= 4 is 17.0 Å². The van der Waals surface area contributed by atoms with Crippen LogP contribution in [0.4, 0.5) is 0 Å². The first kappa shape index (κ1) is 24.2. The van der Waals surface area contributed by atoms with Gasteiger partial charge in [0.05, 0.1) is 24.2 Å². The molecule has 8 nitrogen and oxygen atoms in total. The number of esters is 1. The first-order valence-corrected chi connectivity index (χ1v) is 12.0. The standard InChI is InChI=1S/C26H34N4O4/c1-6-30-22-8-7-18(13-27-23(16(2)3)26(32)34-20-9-10-33-15-20)12-21(22)28-24(30)19-11-17(4)25(31)29(5)14-19/h7-8,11-12,14,16,20,23,27H,6,9-10,13,15H2,1-5H3. The third kappa shape index (κ3) is 4.93. The summed E-state index contributed by atoms with van der Waals surface area (Å²) in [6.07, 6.45) is 2.44. The Morgan fingerprint density at radius 2 is 2.12 bits per heavy atom. The van der Waals surface area contributed by atoms with Crippen LogP contribution in [0.3, 0.4) is 0 Å². The second-order valence-corrected chi connectivity index (χ2v) is 9.36. The van der Waals surface area contributed by atoms with Gasteiger partial charge in [0.25, 0.3) is 5.56 Å². The quantitative estimate of drug-likeness (QED) is 0.513. The van der Waals surface area contributed by atoms with Crippen LogP contribution in [0.5, 0.6) is 0 Å². The highest BCUT2D eigenvalue weighted by molar-refractivity contribution is 5.81. The van der Waals surface area contributed by atoms with Gasteiger partial charge >= 0.3 is 5.97 Å². The summed E-state index contributed by atoms with van der Waals surface area (Å²) in [7, 11) is 1.76. The Balaban J connectivity index is 1.56. The van der Waals surface area contributed by atoms with E-state index >= 15 is 0 Å². The smallest absolute Gasteiger partial charge is 0.323 e. The van der Waals surface area contributed by atoms with E-state index in [1.807, 2.05) is 33.0 Å². The number of nitrogens with one attached hydrogen (secondary N) is 1. The van der Waals surface area contributed by atoms with Gasteiger partial charge in [-0.3, -0.25) is 9.59 Å². The highest BCUT2D eigenvalue weighted by Crippen LogP contribution is 2.26. The first-order valence-electron chi connectivity index (χ1n) is 12.0. The van der Waals surface area contributed by atoms with Crippen molar-refractivity contribution in [2.75, 3.05) is 13.2 Å². The van der Waals surface area contributed by atoms with E-state index in [-0.39, 0.29) is 23.6 Å². The Morgan fingerprint density at radius 1 is 1.32 bits per heavy atom. The van der Waals surface area contributed by atoms with Gasteiger partial charge in [-0.05, 0) is 43.5 Å². The van der Waals surface area contributed by atoms with Gasteiger partial charge in [0.15, 0.2) is 0 Å². The first-order chi connectivity index (χ1) is 16.3. The lowest BCUT2D eigenvalue weighted by molar-refractivity contribution is -0.152. The molecule has 0 saturated carbocycles. The van der Waals surface area contributed by atoms with Gasteiger partial charge in [-0.25, -0.2) is 4.98 Å². The number of benzene rings is 1.